The summed E-state index contributed by atoms with van der Waals surface area (Å²) in [5, 5.41) is 0.532. The van der Waals surface area contributed by atoms with E-state index in [0.29, 0.717) is 22.0 Å². The maximum Gasteiger partial charge on any atom is 0.339 e. The molecular weight excluding hydrogens is 382 g/mol. The molecule has 0 saturated carbocycles. The molecule has 2 aromatic carbocycles. The summed E-state index contributed by atoms with van der Waals surface area (Å²) in [6.45, 7) is 3.22. The first kappa shape index (κ1) is 19.6. The van der Waals surface area contributed by atoms with Gasteiger partial charge in [-0.3, -0.25) is 0 Å². The number of aryl methyl sites for hydroxylation is 2. The lowest BCUT2D eigenvalue weighted by atomic mass is 9.93. The molecule has 0 amide bonds. The van der Waals surface area contributed by atoms with Gasteiger partial charge in [0.15, 0.2) is 0 Å². The Kier molecular flexibility index (Phi) is 4.99. The third kappa shape index (κ3) is 2.86. The molecule has 3 aromatic rings. The normalized spacial score (nSPS) is 11.4. The number of carbonyl (C=O) groups is 2. The van der Waals surface area contributed by atoms with E-state index >= 15 is 0 Å². The third-order valence-corrected chi connectivity index (χ3v) is 6.38. The number of fused-ring (bicyclic) bond motifs is 1. The van der Waals surface area contributed by atoms with E-state index < -0.39 is 22.0 Å². The molecule has 8 heteroatoms. The summed E-state index contributed by atoms with van der Waals surface area (Å²) < 4.78 is 37.1. The van der Waals surface area contributed by atoms with Crippen LogP contribution in [0.15, 0.2) is 47.5 Å². The number of benzene rings is 2. The summed E-state index contributed by atoms with van der Waals surface area (Å²) in [6.07, 6.45) is 1.41. The van der Waals surface area contributed by atoms with Gasteiger partial charge in [-0.2, -0.15) is 0 Å². The minimum absolute atomic E-state index is 0.0115. The molecule has 0 fully saturated rings. The van der Waals surface area contributed by atoms with Crippen LogP contribution in [0.4, 0.5) is 0 Å². The van der Waals surface area contributed by atoms with Crippen LogP contribution in [-0.2, 0) is 19.5 Å². The number of hydrogen-bond donors (Lipinski definition) is 0. The van der Waals surface area contributed by atoms with Crippen LogP contribution >= 0.6 is 0 Å². The Balaban J connectivity index is 2.44. The van der Waals surface area contributed by atoms with Gasteiger partial charge in [0.2, 0.25) is 0 Å². The fraction of sp³-hybridized carbons (Fsp3) is 0.200. The average molecular weight is 401 g/mol. The van der Waals surface area contributed by atoms with Crippen molar-refractivity contribution >= 4 is 32.9 Å². The molecule has 0 bridgehead atoms. The number of hydrogen-bond acceptors (Lipinski definition) is 6. The fourth-order valence-corrected chi connectivity index (χ4v) is 4.76. The maximum absolute atomic E-state index is 13.2. The van der Waals surface area contributed by atoms with Crippen molar-refractivity contribution in [2.45, 2.75) is 18.7 Å². The molecule has 0 aliphatic carbocycles. The second-order valence-electron chi connectivity index (χ2n) is 6.18. The van der Waals surface area contributed by atoms with Gasteiger partial charge in [-0.25, -0.2) is 22.0 Å². The molecule has 0 radical (unpaired) electrons. The number of rotatable bonds is 4. The van der Waals surface area contributed by atoms with Gasteiger partial charge in [0, 0.05) is 11.6 Å². The fourth-order valence-electron chi connectivity index (χ4n) is 3.33. The predicted molar refractivity (Wildman–Crippen MR) is 103 cm³/mol. The van der Waals surface area contributed by atoms with Crippen LogP contribution in [0.3, 0.4) is 0 Å². The second-order valence-corrected chi connectivity index (χ2v) is 7.99. The summed E-state index contributed by atoms with van der Waals surface area (Å²) in [6, 6.07) is 9.57. The summed E-state index contributed by atoms with van der Waals surface area (Å²) in [4.78, 5) is 24.9. The van der Waals surface area contributed by atoms with Crippen molar-refractivity contribution in [1.82, 2.24) is 3.97 Å². The minimum atomic E-state index is -3.90. The van der Waals surface area contributed by atoms with Crippen molar-refractivity contribution < 1.29 is 27.5 Å². The molecule has 0 N–H and O–H groups in total. The van der Waals surface area contributed by atoms with Crippen molar-refractivity contribution in [2.75, 3.05) is 14.2 Å². The SMILES string of the molecule is COC(=O)c1c(C(=O)OC)c(C)c2c(ccn2S(=O)(=O)c2ccccc2)c1C. The van der Waals surface area contributed by atoms with Gasteiger partial charge < -0.3 is 9.47 Å². The van der Waals surface area contributed by atoms with Crippen LogP contribution in [0.25, 0.3) is 10.9 Å². The Labute approximate surface area is 162 Å². The Morgan fingerprint density at radius 1 is 0.857 bits per heavy atom. The molecule has 0 aliphatic rings. The van der Waals surface area contributed by atoms with Crippen molar-refractivity contribution in [2.24, 2.45) is 0 Å². The van der Waals surface area contributed by atoms with E-state index in [0.717, 1.165) is 3.97 Å². The summed E-state index contributed by atoms with van der Waals surface area (Å²) in [5.41, 5.74) is 1.12. The Bertz CT molecular complexity index is 1190. The molecule has 0 unspecified atom stereocenters. The Morgan fingerprint density at radius 2 is 1.39 bits per heavy atom. The van der Waals surface area contributed by atoms with E-state index in [2.05, 4.69) is 0 Å². The smallest absolute Gasteiger partial charge is 0.339 e. The van der Waals surface area contributed by atoms with Crippen LogP contribution in [0.1, 0.15) is 31.8 Å². The first-order valence-electron chi connectivity index (χ1n) is 8.37. The lowest BCUT2D eigenvalue weighted by molar-refractivity contribution is 0.0554. The zero-order valence-electron chi connectivity index (χ0n) is 15.8. The van der Waals surface area contributed by atoms with Gasteiger partial charge >= 0.3 is 11.9 Å². The zero-order chi connectivity index (χ0) is 20.6. The number of aromatic nitrogens is 1. The highest BCUT2D eigenvalue weighted by atomic mass is 32.2. The van der Waals surface area contributed by atoms with Crippen molar-refractivity contribution in [3.63, 3.8) is 0 Å². The van der Waals surface area contributed by atoms with Gasteiger partial charge in [-0.1, -0.05) is 18.2 Å². The highest BCUT2D eigenvalue weighted by molar-refractivity contribution is 7.90. The Morgan fingerprint density at radius 3 is 1.93 bits per heavy atom. The quantitative estimate of drug-likeness (QED) is 0.624. The molecule has 7 nitrogen and oxygen atoms in total. The number of methoxy groups -OCH3 is 2. The van der Waals surface area contributed by atoms with Crippen LogP contribution < -0.4 is 0 Å². The topological polar surface area (TPSA) is 91.7 Å². The average Bonchev–Trinajstić information content (AvgIpc) is 3.16. The molecule has 28 heavy (non-hydrogen) atoms. The highest BCUT2D eigenvalue weighted by Crippen LogP contribution is 2.33. The van der Waals surface area contributed by atoms with E-state index in [1.807, 2.05) is 0 Å². The second kappa shape index (κ2) is 7.12. The van der Waals surface area contributed by atoms with Crippen LogP contribution in [0, 0.1) is 13.8 Å². The minimum Gasteiger partial charge on any atom is -0.465 e. The summed E-state index contributed by atoms with van der Waals surface area (Å²) in [5.74, 6) is -1.44. The summed E-state index contributed by atoms with van der Waals surface area (Å²) >= 11 is 0. The van der Waals surface area contributed by atoms with E-state index in [-0.39, 0.29) is 16.0 Å². The lowest BCUT2D eigenvalue weighted by Crippen LogP contribution is -2.18. The predicted octanol–water partition coefficient (Wildman–Crippen LogP) is 3.07. The van der Waals surface area contributed by atoms with Crippen molar-refractivity contribution in [3.05, 3.63) is 64.8 Å². The van der Waals surface area contributed by atoms with Gasteiger partial charge in [0.1, 0.15) is 0 Å². The molecule has 0 spiro atoms. The Hall–Kier alpha value is -3.13. The van der Waals surface area contributed by atoms with Crippen LogP contribution in [0.2, 0.25) is 0 Å². The molecule has 146 valence electrons. The molecular formula is C20H19NO6S. The van der Waals surface area contributed by atoms with Crippen LogP contribution in [-0.4, -0.2) is 38.5 Å². The molecule has 0 atom stereocenters. The number of nitrogens with zero attached hydrogens (tertiary/aromatic N) is 1. The largest absolute Gasteiger partial charge is 0.465 e. The molecule has 3 rings (SSSR count). The van der Waals surface area contributed by atoms with Gasteiger partial charge in [0.25, 0.3) is 10.0 Å². The van der Waals surface area contributed by atoms with E-state index in [9.17, 15) is 18.0 Å². The van der Waals surface area contributed by atoms with Crippen LogP contribution in [0.5, 0.6) is 0 Å². The van der Waals surface area contributed by atoms with E-state index in [1.165, 1.54) is 32.5 Å². The standard InChI is InChI=1S/C20H19NO6S/c1-12-15-10-11-21(28(24,25)14-8-6-5-7-9-14)18(15)13(2)17(20(23)27-4)16(12)19(22)26-3/h5-11H,1-4H3. The van der Waals surface area contributed by atoms with Gasteiger partial charge in [0.05, 0.1) is 35.8 Å². The summed E-state index contributed by atoms with van der Waals surface area (Å²) in [7, 11) is -1.49. The molecule has 1 aromatic heterocycles. The van der Waals surface area contributed by atoms with Gasteiger partial charge in [-0.05, 0) is 43.2 Å². The molecule has 0 aliphatic heterocycles. The highest BCUT2D eigenvalue weighted by Gasteiger charge is 2.29. The van der Waals surface area contributed by atoms with E-state index in [1.54, 1.807) is 38.1 Å². The molecule has 0 saturated heterocycles. The number of ether oxygens (including phenoxy) is 2. The maximum atomic E-state index is 13.2. The van der Waals surface area contributed by atoms with Crippen molar-refractivity contribution in [1.29, 1.82) is 0 Å². The number of carbonyl (C=O) groups excluding carboxylic acids is 2. The monoisotopic (exact) mass is 401 g/mol. The van der Waals surface area contributed by atoms with Crippen molar-refractivity contribution in [3.8, 4) is 0 Å². The zero-order valence-corrected chi connectivity index (χ0v) is 16.7. The third-order valence-electron chi connectivity index (χ3n) is 4.69. The number of esters is 2. The molecule has 1 heterocycles. The van der Waals surface area contributed by atoms with E-state index in [4.69, 9.17) is 9.47 Å². The lowest BCUT2D eigenvalue weighted by Gasteiger charge is -2.16. The first-order chi connectivity index (χ1) is 13.3. The van der Waals surface area contributed by atoms with Gasteiger partial charge in [-0.15, -0.1) is 0 Å². The first-order valence-corrected chi connectivity index (χ1v) is 9.81.